The molecule has 1 fully saturated rings. The number of rotatable bonds is 4. The van der Waals surface area contributed by atoms with Crippen molar-refractivity contribution in [1.29, 1.82) is 0 Å². The number of aryl methyl sites for hydroxylation is 1. The van der Waals surface area contributed by atoms with Gasteiger partial charge in [0.1, 0.15) is 5.76 Å². The standard InChI is InChI=1S/C15H24N2O2/c1-4-11-6-7-12(19-11)14(18)17-10-13-15(2,3)8-5-9-16-13/h6-7,13,16H,4-5,8-10H2,1-3H3,(H,17,18). The van der Waals surface area contributed by atoms with Gasteiger partial charge in [-0.2, -0.15) is 0 Å². The van der Waals surface area contributed by atoms with Crippen molar-refractivity contribution in [2.45, 2.75) is 46.1 Å². The third-order valence-corrected chi connectivity index (χ3v) is 4.03. The van der Waals surface area contributed by atoms with Crippen molar-refractivity contribution in [2.75, 3.05) is 13.1 Å². The summed E-state index contributed by atoms with van der Waals surface area (Å²) >= 11 is 0. The first kappa shape index (κ1) is 14.1. The van der Waals surface area contributed by atoms with Crippen LogP contribution in [0.2, 0.25) is 0 Å². The SMILES string of the molecule is CCc1ccc(C(=O)NCC2NCCCC2(C)C)o1. The monoisotopic (exact) mass is 264 g/mol. The molecule has 1 aromatic rings. The third-order valence-electron chi connectivity index (χ3n) is 4.03. The smallest absolute Gasteiger partial charge is 0.287 e. The quantitative estimate of drug-likeness (QED) is 0.877. The first-order valence-electron chi connectivity index (χ1n) is 7.13. The van der Waals surface area contributed by atoms with Crippen LogP contribution in [-0.2, 0) is 6.42 Å². The Hall–Kier alpha value is -1.29. The number of piperidine rings is 1. The molecule has 1 aliphatic heterocycles. The Kier molecular flexibility index (Phi) is 4.30. The van der Waals surface area contributed by atoms with Crippen LogP contribution < -0.4 is 10.6 Å². The minimum atomic E-state index is -0.122. The summed E-state index contributed by atoms with van der Waals surface area (Å²) in [6.07, 6.45) is 3.21. The Morgan fingerprint density at radius 1 is 1.53 bits per heavy atom. The highest BCUT2D eigenvalue weighted by molar-refractivity contribution is 5.91. The molecule has 0 saturated carbocycles. The second kappa shape index (κ2) is 5.78. The van der Waals surface area contributed by atoms with Gasteiger partial charge in [-0.1, -0.05) is 20.8 Å². The lowest BCUT2D eigenvalue weighted by Crippen LogP contribution is -2.52. The van der Waals surface area contributed by atoms with Crippen LogP contribution in [0, 0.1) is 5.41 Å². The summed E-state index contributed by atoms with van der Waals surface area (Å²) in [7, 11) is 0. The van der Waals surface area contributed by atoms with Gasteiger partial charge in [-0.15, -0.1) is 0 Å². The van der Waals surface area contributed by atoms with E-state index in [0.29, 0.717) is 18.3 Å². The van der Waals surface area contributed by atoms with E-state index in [-0.39, 0.29) is 11.3 Å². The maximum absolute atomic E-state index is 12.0. The highest BCUT2D eigenvalue weighted by Gasteiger charge is 2.32. The van der Waals surface area contributed by atoms with Gasteiger partial charge in [0.2, 0.25) is 0 Å². The van der Waals surface area contributed by atoms with Gasteiger partial charge in [-0.25, -0.2) is 0 Å². The molecule has 106 valence electrons. The Bertz CT molecular complexity index is 437. The molecule has 4 nitrogen and oxygen atoms in total. The zero-order chi connectivity index (χ0) is 13.9. The van der Waals surface area contributed by atoms with E-state index in [1.807, 2.05) is 13.0 Å². The number of furan rings is 1. The lowest BCUT2D eigenvalue weighted by molar-refractivity contribution is 0.0899. The van der Waals surface area contributed by atoms with Crippen molar-refractivity contribution >= 4 is 5.91 Å². The van der Waals surface area contributed by atoms with E-state index in [2.05, 4.69) is 24.5 Å². The van der Waals surface area contributed by atoms with E-state index in [9.17, 15) is 4.79 Å². The molecule has 0 radical (unpaired) electrons. The van der Waals surface area contributed by atoms with Crippen LogP contribution in [0.3, 0.4) is 0 Å². The Morgan fingerprint density at radius 2 is 2.32 bits per heavy atom. The normalized spacial score (nSPS) is 22.2. The lowest BCUT2D eigenvalue weighted by Gasteiger charge is -2.39. The molecule has 0 aromatic carbocycles. The Labute approximate surface area is 114 Å². The van der Waals surface area contributed by atoms with Gasteiger partial charge in [-0.3, -0.25) is 4.79 Å². The summed E-state index contributed by atoms with van der Waals surface area (Å²) in [5, 5.41) is 6.45. The van der Waals surface area contributed by atoms with Crippen molar-refractivity contribution in [3.05, 3.63) is 23.7 Å². The molecule has 0 bridgehead atoms. The maximum Gasteiger partial charge on any atom is 0.287 e. The lowest BCUT2D eigenvalue weighted by atomic mass is 9.77. The van der Waals surface area contributed by atoms with Crippen LogP contribution in [0.5, 0.6) is 0 Å². The molecular weight excluding hydrogens is 240 g/mol. The molecule has 2 N–H and O–H groups in total. The highest BCUT2D eigenvalue weighted by atomic mass is 16.3. The largest absolute Gasteiger partial charge is 0.456 e. The molecule has 19 heavy (non-hydrogen) atoms. The minimum Gasteiger partial charge on any atom is -0.456 e. The fourth-order valence-electron chi connectivity index (χ4n) is 2.59. The number of hydrogen-bond acceptors (Lipinski definition) is 3. The highest BCUT2D eigenvalue weighted by Crippen LogP contribution is 2.29. The summed E-state index contributed by atoms with van der Waals surface area (Å²) in [6.45, 7) is 8.18. The summed E-state index contributed by atoms with van der Waals surface area (Å²) in [5.41, 5.74) is 0.225. The molecule has 2 rings (SSSR count). The maximum atomic E-state index is 12.0. The molecule has 1 amide bonds. The van der Waals surface area contributed by atoms with E-state index in [1.54, 1.807) is 6.07 Å². The molecule has 1 saturated heterocycles. The van der Waals surface area contributed by atoms with E-state index < -0.39 is 0 Å². The molecular formula is C15H24N2O2. The fourth-order valence-corrected chi connectivity index (χ4v) is 2.59. The predicted octanol–water partition coefficient (Wildman–Crippen LogP) is 2.35. The second-order valence-electron chi connectivity index (χ2n) is 5.93. The van der Waals surface area contributed by atoms with E-state index in [4.69, 9.17) is 4.42 Å². The second-order valence-corrected chi connectivity index (χ2v) is 5.93. The fraction of sp³-hybridized carbons (Fsp3) is 0.667. The van der Waals surface area contributed by atoms with Crippen LogP contribution in [0.4, 0.5) is 0 Å². The van der Waals surface area contributed by atoms with Crippen LogP contribution in [0.25, 0.3) is 0 Å². The van der Waals surface area contributed by atoms with Crippen LogP contribution in [0.15, 0.2) is 16.5 Å². The van der Waals surface area contributed by atoms with E-state index in [1.165, 1.54) is 12.8 Å². The zero-order valence-corrected chi connectivity index (χ0v) is 12.1. The van der Waals surface area contributed by atoms with Gasteiger partial charge in [0.25, 0.3) is 5.91 Å². The molecule has 2 heterocycles. The van der Waals surface area contributed by atoms with Crippen molar-refractivity contribution < 1.29 is 9.21 Å². The van der Waals surface area contributed by atoms with E-state index >= 15 is 0 Å². The predicted molar refractivity (Wildman–Crippen MR) is 75.2 cm³/mol. The summed E-state index contributed by atoms with van der Waals surface area (Å²) < 4.78 is 5.45. The van der Waals surface area contributed by atoms with Crippen molar-refractivity contribution in [3.63, 3.8) is 0 Å². The number of hydrogen-bond donors (Lipinski definition) is 2. The first-order valence-corrected chi connectivity index (χ1v) is 7.13. The molecule has 0 aliphatic carbocycles. The topological polar surface area (TPSA) is 54.3 Å². The average molecular weight is 264 g/mol. The average Bonchev–Trinajstić information content (AvgIpc) is 2.85. The molecule has 1 aromatic heterocycles. The first-order chi connectivity index (χ1) is 9.03. The van der Waals surface area contributed by atoms with E-state index in [0.717, 1.165) is 18.7 Å². The van der Waals surface area contributed by atoms with Gasteiger partial charge in [0, 0.05) is 19.0 Å². The summed E-state index contributed by atoms with van der Waals surface area (Å²) in [4.78, 5) is 12.0. The van der Waals surface area contributed by atoms with Gasteiger partial charge in [0.15, 0.2) is 5.76 Å². The van der Waals surface area contributed by atoms with Gasteiger partial charge >= 0.3 is 0 Å². The molecule has 4 heteroatoms. The van der Waals surface area contributed by atoms with Crippen molar-refractivity contribution in [1.82, 2.24) is 10.6 Å². The van der Waals surface area contributed by atoms with Gasteiger partial charge in [-0.05, 0) is 36.9 Å². The third kappa shape index (κ3) is 3.38. The van der Waals surface area contributed by atoms with Crippen LogP contribution >= 0.6 is 0 Å². The van der Waals surface area contributed by atoms with Crippen LogP contribution in [-0.4, -0.2) is 25.0 Å². The number of amides is 1. The van der Waals surface area contributed by atoms with Crippen LogP contribution in [0.1, 0.15) is 49.9 Å². The van der Waals surface area contributed by atoms with Crippen molar-refractivity contribution in [2.24, 2.45) is 5.41 Å². The summed E-state index contributed by atoms with van der Waals surface area (Å²) in [5.74, 6) is 1.13. The Morgan fingerprint density at radius 3 is 2.95 bits per heavy atom. The number of carbonyl (C=O) groups is 1. The van der Waals surface area contributed by atoms with Crippen molar-refractivity contribution in [3.8, 4) is 0 Å². The summed E-state index contributed by atoms with van der Waals surface area (Å²) in [6, 6.07) is 3.93. The number of nitrogens with one attached hydrogen (secondary N) is 2. The molecule has 1 unspecified atom stereocenters. The minimum absolute atomic E-state index is 0.122. The van der Waals surface area contributed by atoms with Gasteiger partial charge in [0.05, 0.1) is 0 Å². The van der Waals surface area contributed by atoms with Gasteiger partial charge < -0.3 is 15.1 Å². The molecule has 0 spiro atoms. The zero-order valence-electron chi connectivity index (χ0n) is 12.1. The number of carbonyl (C=O) groups excluding carboxylic acids is 1. The molecule has 1 atom stereocenters. The Balaban J connectivity index is 1.89. The molecule has 1 aliphatic rings.